The Hall–Kier alpha value is -2.46. The van der Waals surface area contributed by atoms with Gasteiger partial charge in [0.1, 0.15) is 5.75 Å². The fraction of sp³-hybridized carbons (Fsp3) is 0.318. The molecule has 5 heteroatoms. The van der Waals surface area contributed by atoms with Gasteiger partial charge < -0.3 is 14.6 Å². The van der Waals surface area contributed by atoms with E-state index >= 15 is 0 Å². The Kier molecular flexibility index (Phi) is 5.08. The van der Waals surface area contributed by atoms with E-state index in [1.54, 1.807) is 0 Å². The van der Waals surface area contributed by atoms with Crippen LogP contribution in [0.3, 0.4) is 0 Å². The van der Waals surface area contributed by atoms with E-state index in [1.807, 2.05) is 54.3 Å². The molecule has 0 unspecified atom stereocenters. The third-order valence-electron chi connectivity index (χ3n) is 5.35. The molecule has 0 spiro atoms. The highest BCUT2D eigenvalue weighted by Gasteiger charge is 2.25. The minimum absolute atomic E-state index is 0.0518. The maximum atomic E-state index is 12.5. The van der Waals surface area contributed by atoms with Crippen molar-refractivity contribution in [1.82, 2.24) is 9.88 Å². The first-order valence-corrected chi connectivity index (χ1v) is 9.72. The molecule has 3 aromatic rings. The van der Waals surface area contributed by atoms with E-state index in [0.29, 0.717) is 5.92 Å². The minimum atomic E-state index is 0.0518. The number of aryl methyl sites for hydroxylation is 1. The number of carbonyl (C=O) groups is 1. The number of piperidine rings is 1. The second-order valence-corrected chi connectivity index (χ2v) is 7.63. The number of halogens is 1. The Morgan fingerprint density at radius 1 is 1.19 bits per heavy atom. The lowest BCUT2D eigenvalue weighted by atomic mass is 9.89. The third kappa shape index (κ3) is 3.96. The van der Waals surface area contributed by atoms with Crippen LogP contribution in [-0.2, 0) is 4.79 Å². The van der Waals surface area contributed by atoms with Gasteiger partial charge in [0.05, 0.1) is 0 Å². The second-order valence-electron chi connectivity index (χ2n) is 7.19. The van der Waals surface area contributed by atoms with Crippen molar-refractivity contribution in [3.8, 4) is 5.75 Å². The number of fused-ring (bicyclic) bond motifs is 1. The van der Waals surface area contributed by atoms with E-state index in [4.69, 9.17) is 16.3 Å². The van der Waals surface area contributed by atoms with E-state index in [1.165, 1.54) is 16.5 Å². The number of nitrogens with zero attached hydrogens (tertiary/aromatic N) is 1. The highest BCUT2D eigenvalue weighted by molar-refractivity contribution is 6.31. The molecular weight excluding hydrogens is 360 g/mol. The molecule has 140 valence electrons. The highest BCUT2D eigenvalue weighted by atomic mass is 35.5. The van der Waals surface area contributed by atoms with Gasteiger partial charge in [-0.15, -0.1) is 0 Å². The number of aromatic amines is 1. The summed E-state index contributed by atoms with van der Waals surface area (Å²) in [5.41, 5.74) is 3.59. The Morgan fingerprint density at radius 3 is 2.67 bits per heavy atom. The van der Waals surface area contributed by atoms with Gasteiger partial charge in [0, 0.05) is 35.2 Å². The number of amides is 1. The lowest BCUT2D eigenvalue weighted by Crippen LogP contribution is -2.40. The Morgan fingerprint density at radius 2 is 1.93 bits per heavy atom. The van der Waals surface area contributed by atoms with Gasteiger partial charge in [0.25, 0.3) is 5.91 Å². The molecule has 4 rings (SSSR count). The smallest absolute Gasteiger partial charge is 0.260 e. The molecule has 1 aliphatic heterocycles. The summed E-state index contributed by atoms with van der Waals surface area (Å²) in [7, 11) is 0. The summed E-state index contributed by atoms with van der Waals surface area (Å²) in [5, 5.41) is 1.94. The normalized spacial score (nSPS) is 15.3. The van der Waals surface area contributed by atoms with Gasteiger partial charge in [-0.05, 0) is 61.6 Å². The van der Waals surface area contributed by atoms with Crippen LogP contribution in [0.2, 0.25) is 5.02 Å². The van der Waals surface area contributed by atoms with Gasteiger partial charge in [-0.2, -0.15) is 0 Å². The summed E-state index contributed by atoms with van der Waals surface area (Å²) in [5.74, 6) is 1.23. The van der Waals surface area contributed by atoms with E-state index in [9.17, 15) is 4.79 Å². The fourth-order valence-electron chi connectivity index (χ4n) is 3.76. The molecule has 1 saturated heterocycles. The maximum absolute atomic E-state index is 12.5. The van der Waals surface area contributed by atoms with Crippen LogP contribution in [0.15, 0.2) is 48.7 Å². The first-order valence-electron chi connectivity index (χ1n) is 9.34. The van der Waals surface area contributed by atoms with Crippen molar-refractivity contribution >= 4 is 28.4 Å². The number of nitrogens with one attached hydrogen (secondary N) is 1. The zero-order chi connectivity index (χ0) is 18.8. The summed E-state index contributed by atoms with van der Waals surface area (Å²) >= 11 is 6.16. The number of ether oxygens (including phenoxy) is 1. The Bertz CT molecular complexity index is 941. The van der Waals surface area contributed by atoms with Gasteiger partial charge in [0.15, 0.2) is 6.61 Å². The molecule has 0 bridgehead atoms. The van der Waals surface area contributed by atoms with Crippen LogP contribution in [0.5, 0.6) is 5.75 Å². The molecule has 1 aliphatic rings. The van der Waals surface area contributed by atoms with E-state index in [0.717, 1.165) is 42.2 Å². The van der Waals surface area contributed by atoms with Gasteiger partial charge in [-0.1, -0.05) is 29.3 Å². The summed E-state index contributed by atoms with van der Waals surface area (Å²) in [4.78, 5) is 17.7. The molecule has 1 fully saturated rings. The van der Waals surface area contributed by atoms with E-state index in [2.05, 4.69) is 11.2 Å². The number of benzene rings is 2. The van der Waals surface area contributed by atoms with Crippen molar-refractivity contribution in [2.45, 2.75) is 25.7 Å². The summed E-state index contributed by atoms with van der Waals surface area (Å²) in [6.45, 7) is 3.64. The number of hydrogen-bond donors (Lipinski definition) is 1. The van der Waals surface area contributed by atoms with Crippen molar-refractivity contribution in [2.24, 2.45) is 0 Å². The number of aromatic nitrogens is 1. The van der Waals surface area contributed by atoms with Crippen LogP contribution in [0.1, 0.15) is 29.9 Å². The van der Waals surface area contributed by atoms with Gasteiger partial charge in [0.2, 0.25) is 0 Å². The van der Waals surface area contributed by atoms with Gasteiger partial charge in [-0.25, -0.2) is 0 Å². The van der Waals surface area contributed by atoms with Crippen molar-refractivity contribution in [2.75, 3.05) is 19.7 Å². The largest absolute Gasteiger partial charge is 0.484 e. The van der Waals surface area contributed by atoms with Crippen molar-refractivity contribution in [3.63, 3.8) is 0 Å². The number of rotatable bonds is 4. The average Bonchev–Trinajstić information content (AvgIpc) is 3.10. The van der Waals surface area contributed by atoms with E-state index < -0.39 is 0 Å². The lowest BCUT2D eigenvalue weighted by Gasteiger charge is -2.32. The van der Waals surface area contributed by atoms with Crippen LogP contribution in [0, 0.1) is 6.92 Å². The molecule has 1 N–H and O–H groups in total. The molecular formula is C22H23ClN2O2. The topological polar surface area (TPSA) is 45.3 Å². The lowest BCUT2D eigenvalue weighted by molar-refractivity contribution is -0.134. The molecule has 1 aromatic heterocycles. The van der Waals surface area contributed by atoms with Crippen molar-refractivity contribution in [1.29, 1.82) is 0 Å². The average molecular weight is 383 g/mol. The number of carbonyl (C=O) groups excluding carboxylic acids is 1. The van der Waals surface area contributed by atoms with Gasteiger partial charge >= 0.3 is 0 Å². The first-order chi connectivity index (χ1) is 13.1. The fourth-order valence-corrected chi connectivity index (χ4v) is 3.94. The second kappa shape index (κ2) is 7.65. The van der Waals surface area contributed by atoms with Crippen molar-refractivity contribution in [3.05, 3.63) is 64.8 Å². The molecule has 0 saturated carbocycles. The quantitative estimate of drug-likeness (QED) is 0.696. The zero-order valence-corrected chi connectivity index (χ0v) is 16.1. The molecule has 0 aliphatic carbocycles. The number of hydrogen-bond acceptors (Lipinski definition) is 2. The number of likely N-dealkylation sites (tertiary alicyclic amines) is 1. The maximum Gasteiger partial charge on any atom is 0.260 e. The van der Waals surface area contributed by atoms with Crippen LogP contribution >= 0.6 is 11.6 Å². The van der Waals surface area contributed by atoms with Crippen molar-refractivity contribution < 1.29 is 9.53 Å². The van der Waals surface area contributed by atoms with Gasteiger partial charge in [-0.3, -0.25) is 4.79 Å². The predicted molar refractivity (Wildman–Crippen MR) is 109 cm³/mol. The molecule has 2 heterocycles. The summed E-state index contributed by atoms with van der Waals surface area (Å²) in [6, 6.07) is 13.7. The molecule has 1 amide bonds. The minimum Gasteiger partial charge on any atom is -0.484 e. The first kappa shape index (κ1) is 17.9. The molecule has 4 nitrogen and oxygen atoms in total. The molecule has 0 atom stereocenters. The SMILES string of the molecule is Cc1ccc(OCC(=O)N2CCC(c3c[nH]c4ccc(Cl)cc34)CC2)cc1. The van der Waals surface area contributed by atoms with Crippen LogP contribution in [0.25, 0.3) is 10.9 Å². The molecule has 27 heavy (non-hydrogen) atoms. The monoisotopic (exact) mass is 382 g/mol. The Balaban J connectivity index is 1.34. The van der Waals surface area contributed by atoms with Crippen LogP contribution in [0.4, 0.5) is 0 Å². The summed E-state index contributed by atoms with van der Waals surface area (Å²) < 4.78 is 5.64. The predicted octanol–water partition coefficient (Wildman–Crippen LogP) is 4.91. The van der Waals surface area contributed by atoms with Crippen LogP contribution in [-0.4, -0.2) is 35.5 Å². The number of H-pyrrole nitrogens is 1. The summed E-state index contributed by atoms with van der Waals surface area (Å²) in [6.07, 6.45) is 4.00. The zero-order valence-electron chi connectivity index (χ0n) is 15.4. The highest BCUT2D eigenvalue weighted by Crippen LogP contribution is 2.34. The van der Waals surface area contributed by atoms with Crippen LogP contribution < -0.4 is 4.74 Å². The molecule has 2 aromatic carbocycles. The third-order valence-corrected chi connectivity index (χ3v) is 5.58. The Labute approximate surface area is 164 Å². The standard InChI is InChI=1S/C22H23ClN2O2/c1-15-2-5-18(6-3-15)27-14-22(26)25-10-8-16(9-11-25)20-13-24-21-7-4-17(23)12-19(20)21/h2-7,12-13,16,24H,8-11,14H2,1H3. The van der Waals surface area contributed by atoms with E-state index in [-0.39, 0.29) is 12.5 Å². The molecule has 0 radical (unpaired) electrons.